The van der Waals surface area contributed by atoms with Gasteiger partial charge in [-0.05, 0) is 44.2 Å². The molecule has 0 saturated carbocycles. The van der Waals surface area contributed by atoms with E-state index in [0.29, 0.717) is 22.2 Å². The van der Waals surface area contributed by atoms with Crippen LogP contribution in [0.25, 0.3) is 10.8 Å². The third-order valence-corrected chi connectivity index (χ3v) is 3.88. The van der Waals surface area contributed by atoms with Crippen molar-refractivity contribution in [1.29, 1.82) is 0 Å². The molecular formula is C19H17ClN2O4. The average Bonchev–Trinajstić information content (AvgIpc) is 2.57. The summed E-state index contributed by atoms with van der Waals surface area (Å²) in [7, 11) is 0. The third-order valence-electron chi connectivity index (χ3n) is 3.59. The van der Waals surface area contributed by atoms with E-state index < -0.39 is 5.91 Å². The summed E-state index contributed by atoms with van der Waals surface area (Å²) in [6.07, 6.45) is -0.0413. The number of aromatic nitrogens is 1. The number of nitrogens with zero attached hydrogens (tertiary/aromatic N) is 1. The normalized spacial score (nSPS) is 10.9. The fraction of sp³-hybridized carbons (Fsp3) is 0.158. The van der Waals surface area contributed by atoms with Gasteiger partial charge in [-0.15, -0.1) is 0 Å². The van der Waals surface area contributed by atoms with E-state index in [-0.39, 0.29) is 28.5 Å². The van der Waals surface area contributed by atoms with Gasteiger partial charge in [-0.2, -0.15) is 0 Å². The van der Waals surface area contributed by atoms with Crippen LogP contribution in [0.5, 0.6) is 17.2 Å². The summed E-state index contributed by atoms with van der Waals surface area (Å²) in [6.45, 7) is 3.77. The van der Waals surface area contributed by atoms with E-state index in [1.54, 1.807) is 30.3 Å². The van der Waals surface area contributed by atoms with Crippen LogP contribution in [0.15, 0.2) is 42.5 Å². The SMILES string of the molecule is CC(C)Oc1ccc2c(Cl)nc(C(=O)Nc3cccc(O)c3)c(O)c2c1. The minimum atomic E-state index is -0.646. The summed E-state index contributed by atoms with van der Waals surface area (Å²) < 4.78 is 5.62. The van der Waals surface area contributed by atoms with E-state index in [1.165, 1.54) is 12.1 Å². The van der Waals surface area contributed by atoms with Crippen molar-refractivity contribution in [3.63, 3.8) is 0 Å². The fourth-order valence-corrected chi connectivity index (χ4v) is 2.77. The van der Waals surface area contributed by atoms with Crippen molar-refractivity contribution >= 4 is 34.0 Å². The van der Waals surface area contributed by atoms with Crippen molar-refractivity contribution in [2.45, 2.75) is 20.0 Å². The molecule has 2 aromatic carbocycles. The minimum Gasteiger partial charge on any atom is -0.508 e. The second kappa shape index (κ2) is 7.09. The Morgan fingerprint density at radius 3 is 2.62 bits per heavy atom. The van der Waals surface area contributed by atoms with Crippen LogP contribution in [0.2, 0.25) is 5.15 Å². The van der Waals surface area contributed by atoms with Crippen molar-refractivity contribution in [2.24, 2.45) is 0 Å². The number of carbonyl (C=O) groups is 1. The number of fused-ring (bicyclic) bond motifs is 1. The zero-order valence-electron chi connectivity index (χ0n) is 14.2. The molecule has 0 spiro atoms. The molecule has 0 unspecified atom stereocenters. The van der Waals surface area contributed by atoms with Crippen LogP contribution in [0.4, 0.5) is 5.69 Å². The highest BCUT2D eigenvalue weighted by Gasteiger charge is 2.19. The molecule has 0 aliphatic carbocycles. The molecule has 7 heteroatoms. The number of amides is 1. The molecule has 3 aromatic rings. The van der Waals surface area contributed by atoms with Crippen molar-refractivity contribution in [3.05, 3.63) is 53.3 Å². The summed E-state index contributed by atoms with van der Waals surface area (Å²) in [6, 6.07) is 11.1. The molecule has 6 nitrogen and oxygen atoms in total. The highest BCUT2D eigenvalue weighted by atomic mass is 35.5. The highest BCUT2D eigenvalue weighted by Crippen LogP contribution is 2.35. The second-order valence-electron chi connectivity index (χ2n) is 5.98. The molecule has 3 N–H and O–H groups in total. The Bertz CT molecular complexity index is 989. The summed E-state index contributed by atoms with van der Waals surface area (Å²) in [4.78, 5) is 16.5. The minimum absolute atomic E-state index is 0.00648. The number of benzene rings is 2. The summed E-state index contributed by atoms with van der Waals surface area (Å²) >= 11 is 6.18. The van der Waals surface area contributed by atoms with E-state index in [9.17, 15) is 15.0 Å². The first-order valence-electron chi connectivity index (χ1n) is 7.94. The zero-order chi connectivity index (χ0) is 18.8. The molecule has 26 heavy (non-hydrogen) atoms. The number of hydrogen-bond acceptors (Lipinski definition) is 5. The molecule has 1 aromatic heterocycles. The van der Waals surface area contributed by atoms with Gasteiger partial charge in [0.05, 0.1) is 6.10 Å². The third kappa shape index (κ3) is 3.65. The first-order chi connectivity index (χ1) is 12.3. The molecule has 0 bridgehead atoms. The second-order valence-corrected chi connectivity index (χ2v) is 6.34. The molecule has 1 amide bonds. The van der Waals surface area contributed by atoms with E-state index in [4.69, 9.17) is 16.3 Å². The van der Waals surface area contributed by atoms with Gasteiger partial charge in [0.1, 0.15) is 16.7 Å². The maximum atomic E-state index is 12.5. The Balaban J connectivity index is 2.02. The number of halogens is 1. The predicted octanol–water partition coefficient (Wildman–Crippen LogP) is 4.34. The van der Waals surface area contributed by atoms with Crippen molar-refractivity contribution in [1.82, 2.24) is 4.98 Å². The molecule has 1 heterocycles. The Labute approximate surface area is 155 Å². The largest absolute Gasteiger partial charge is 0.508 e. The molecule has 3 rings (SSSR count). The summed E-state index contributed by atoms with van der Waals surface area (Å²) in [5.41, 5.74) is 0.150. The molecule has 0 fully saturated rings. The van der Waals surface area contributed by atoms with E-state index in [1.807, 2.05) is 13.8 Å². The molecular weight excluding hydrogens is 356 g/mol. The molecule has 0 aliphatic rings. The standard InChI is InChI=1S/C19H17ClN2O4/c1-10(2)26-13-6-7-14-15(9-13)17(24)16(22-18(14)20)19(25)21-11-4-3-5-12(23)8-11/h3-10,23-24H,1-2H3,(H,21,25). The first kappa shape index (κ1) is 17.8. The Kier molecular flexibility index (Phi) is 4.86. The van der Waals surface area contributed by atoms with Gasteiger partial charge in [-0.1, -0.05) is 17.7 Å². The number of phenols is 1. The van der Waals surface area contributed by atoms with Gasteiger partial charge in [0.2, 0.25) is 0 Å². The highest BCUT2D eigenvalue weighted by molar-refractivity contribution is 6.35. The lowest BCUT2D eigenvalue weighted by molar-refractivity contribution is 0.102. The predicted molar refractivity (Wildman–Crippen MR) is 100 cm³/mol. The number of hydrogen-bond donors (Lipinski definition) is 3. The summed E-state index contributed by atoms with van der Waals surface area (Å²) in [5, 5.41) is 23.6. The Morgan fingerprint density at radius 2 is 1.92 bits per heavy atom. The quantitative estimate of drug-likeness (QED) is 0.592. The monoisotopic (exact) mass is 372 g/mol. The fourth-order valence-electron chi connectivity index (χ4n) is 2.52. The van der Waals surface area contributed by atoms with Crippen LogP contribution in [0.1, 0.15) is 24.3 Å². The maximum absolute atomic E-state index is 12.5. The number of rotatable bonds is 4. The Morgan fingerprint density at radius 1 is 1.15 bits per heavy atom. The maximum Gasteiger partial charge on any atom is 0.278 e. The van der Waals surface area contributed by atoms with Gasteiger partial charge < -0.3 is 20.3 Å². The van der Waals surface area contributed by atoms with Crippen LogP contribution in [-0.2, 0) is 0 Å². The summed E-state index contributed by atoms with van der Waals surface area (Å²) in [5.74, 6) is -0.389. The van der Waals surface area contributed by atoms with Gasteiger partial charge >= 0.3 is 0 Å². The van der Waals surface area contributed by atoms with Gasteiger partial charge in [0, 0.05) is 22.5 Å². The first-order valence-corrected chi connectivity index (χ1v) is 8.32. The molecule has 0 aliphatic heterocycles. The molecule has 134 valence electrons. The van der Waals surface area contributed by atoms with Crippen LogP contribution >= 0.6 is 11.6 Å². The van der Waals surface area contributed by atoms with E-state index >= 15 is 0 Å². The van der Waals surface area contributed by atoms with Crippen LogP contribution < -0.4 is 10.1 Å². The van der Waals surface area contributed by atoms with Gasteiger partial charge in [0.25, 0.3) is 5.91 Å². The zero-order valence-corrected chi connectivity index (χ0v) is 14.9. The van der Waals surface area contributed by atoms with E-state index in [0.717, 1.165) is 0 Å². The van der Waals surface area contributed by atoms with Crippen molar-refractivity contribution < 1.29 is 19.7 Å². The Hall–Kier alpha value is -2.99. The number of pyridine rings is 1. The number of nitrogens with one attached hydrogen (secondary N) is 1. The number of aromatic hydroxyl groups is 2. The molecule has 0 atom stereocenters. The van der Waals surface area contributed by atoms with Crippen molar-refractivity contribution in [2.75, 3.05) is 5.32 Å². The number of carbonyl (C=O) groups excluding carboxylic acids is 1. The van der Waals surface area contributed by atoms with Crippen LogP contribution in [0, 0.1) is 0 Å². The lowest BCUT2D eigenvalue weighted by Gasteiger charge is -2.13. The average molecular weight is 373 g/mol. The topological polar surface area (TPSA) is 91.7 Å². The van der Waals surface area contributed by atoms with Crippen LogP contribution in [-0.4, -0.2) is 27.2 Å². The van der Waals surface area contributed by atoms with Gasteiger partial charge in [0.15, 0.2) is 11.4 Å². The lowest BCUT2D eigenvalue weighted by atomic mass is 10.1. The van der Waals surface area contributed by atoms with Gasteiger partial charge in [-0.3, -0.25) is 4.79 Å². The molecule has 0 radical (unpaired) electrons. The number of ether oxygens (including phenoxy) is 1. The van der Waals surface area contributed by atoms with Crippen molar-refractivity contribution in [3.8, 4) is 17.2 Å². The van der Waals surface area contributed by atoms with E-state index in [2.05, 4.69) is 10.3 Å². The van der Waals surface area contributed by atoms with Gasteiger partial charge in [-0.25, -0.2) is 4.98 Å². The number of anilines is 1. The van der Waals surface area contributed by atoms with Crippen LogP contribution in [0.3, 0.4) is 0 Å². The smallest absolute Gasteiger partial charge is 0.278 e. The molecule has 0 saturated heterocycles. The lowest BCUT2D eigenvalue weighted by Crippen LogP contribution is -2.14. The number of phenolic OH excluding ortho intramolecular Hbond substituents is 1.